The number of imidazole rings is 1. The predicted octanol–water partition coefficient (Wildman–Crippen LogP) is 5.56. The smallest absolute Gasteiger partial charge is 0.253 e. The van der Waals surface area contributed by atoms with Gasteiger partial charge in [-0.15, -0.1) is 0 Å². The highest BCUT2D eigenvalue weighted by Crippen LogP contribution is 2.25. The Morgan fingerprint density at radius 3 is 2.26 bits per heavy atom. The lowest BCUT2D eigenvalue weighted by Crippen LogP contribution is -2.39. The molecular formula is C27H27N3O. The standard InChI is InChI=1S/C27H27N3O/c1-20-28-25-9-5-6-10-26(25)30(20)19-21-15-17-29(18-16-21)27(31)24-13-11-23(12-14-24)22-7-3-2-4-8-22/h2-14,21H,15-19H2,1H3. The zero-order chi connectivity index (χ0) is 21.2. The molecule has 1 aromatic heterocycles. The van der Waals surface area contributed by atoms with Crippen molar-refractivity contribution >= 4 is 16.9 Å². The average molecular weight is 410 g/mol. The Morgan fingerprint density at radius 2 is 1.52 bits per heavy atom. The fraction of sp³-hybridized carbons (Fsp3) is 0.259. The van der Waals surface area contributed by atoms with Crippen LogP contribution in [0.15, 0.2) is 78.9 Å². The van der Waals surface area contributed by atoms with Crippen molar-refractivity contribution in [3.63, 3.8) is 0 Å². The van der Waals surface area contributed by atoms with Gasteiger partial charge in [-0.3, -0.25) is 4.79 Å². The largest absolute Gasteiger partial charge is 0.339 e. The summed E-state index contributed by atoms with van der Waals surface area (Å²) >= 11 is 0. The first-order chi connectivity index (χ1) is 15.2. The van der Waals surface area contributed by atoms with E-state index in [-0.39, 0.29) is 5.91 Å². The van der Waals surface area contributed by atoms with Crippen LogP contribution in [0.3, 0.4) is 0 Å². The SMILES string of the molecule is Cc1nc2ccccc2n1CC1CCN(C(=O)c2ccc(-c3ccccc3)cc2)CC1. The van der Waals surface area contributed by atoms with Crippen molar-refractivity contribution in [1.29, 1.82) is 0 Å². The summed E-state index contributed by atoms with van der Waals surface area (Å²) in [4.78, 5) is 19.7. The number of benzene rings is 3. The van der Waals surface area contributed by atoms with E-state index in [4.69, 9.17) is 0 Å². The Bertz CT molecular complexity index is 1190. The number of nitrogens with zero attached hydrogens (tertiary/aromatic N) is 3. The monoisotopic (exact) mass is 409 g/mol. The molecule has 0 unspecified atom stereocenters. The molecule has 0 N–H and O–H groups in total. The summed E-state index contributed by atoms with van der Waals surface area (Å²) in [5.74, 6) is 1.78. The number of aryl methyl sites for hydroxylation is 1. The highest BCUT2D eigenvalue weighted by Gasteiger charge is 2.24. The number of hydrogen-bond acceptors (Lipinski definition) is 2. The normalized spacial score (nSPS) is 14.8. The van der Waals surface area contributed by atoms with E-state index in [2.05, 4.69) is 46.8 Å². The van der Waals surface area contributed by atoms with Gasteiger partial charge in [-0.2, -0.15) is 0 Å². The number of piperidine rings is 1. The lowest BCUT2D eigenvalue weighted by molar-refractivity contribution is 0.0683. The van der Waals surface area contributed by atoms with Gasteiger partial charge in [0.15, 0.2) is 0 Å². The van der Waals surface area contributed by atoms with E-state index in [1.165, 1.54) is 11.1 Å². The van der Waals surface area contributed by atoms with E-state index in [0.29, 0.717) is 5.92 Å². The van der Waals surface area contributed by atoms with Gasteiger partial charge in [0.25, 0.3) is 5.91 Å². The number of aromatic nitrogens is 2. The maximum absolute atomic E-state index is 13.0. The van der Waals surface area contributed by atoms with Crippen LogP contribution in [-0.2, 0) is 6.54 Å². The zero-order valence-corrected chi connectivity index (χ0v) is 17.9. The molecule has 0 radical (unpaired) electrons. The Kier molecular flexibility index (Phi) is 5.29. The third-order valence-electron chi connectivity index (χ3n) is 6.43. The van der Waals surface area contributed by atoms with E-state index in [1.807, 2.05) is 53.4 Å². The third kappa shape index (κ3) is 3.98. The van der Waals surface area contributed by atoms with Crippen molar-refractivity contribution in [3.8, 4) is 11.1 Å². The molecule has 156 valence electrons. The van der Waals surface area contributed by atoms with Crippen molar-refractivity contribution < 1.29 is 4.79 Å². The summed E-state index contributed by atoms with van der Waals surface area (Å²) < 4.78 is 2.33. The van der Waals surface area contributed by atoms with E-state index in [1.54, 1.807) is 0 Å². The van der Waals surface area contributed by atoms with Gasteiger partial charge in [0.1, 0.15) is 5.82 Å². The van der Waals surface area contributed by atoms with Gasteiger partial charge in [-0.1, -0.05) is 54.6 Å². The fourth-order valence-corrected chi connectivity index (χ4v) is 4.62. The van der Waals surface area contributed by atoms with Crippen molar-refractivity contribution in [2.45, 2.75) is 26.3 Å². The van der Waals surface area contributed by atoms with Gasteiger partial charge < -0.3 is 9.47 Å². The van der Waals surface area contributed by atoms with Gasteiger partial charge in [0.2, 0.25) is 0 Å². The first kappa shape index (κ1) is 19.6. The third-order valence-corrected chi connectivity index (χ3v) is 6.43. The molecule has 0 aliphatic carbocycles. The number of carbonyl (C=O) groups excluding carboxylic acids is 1. The minimum Gasteiger partial charge on any atom is -0.339 e. The summed E-state index contributed by atoms with van der Waals surface area (Å²) in [6.45, 7) is 4.68. The number of amides is 1. The molecule has 0 bridgehead atoms. The van der Waals surface area contributed by atoms with E-state index in [0.717, 1.165) is 54.9 Å². The minimum atomic E-state index is 0.141. The van der Waals surface area contributed by atoms with Gasteiger partial charge in [-0.25, -0.2) is 4.98 Å². The molecule has 4 nitrogen and oxygen atoms in total. The number of hydrogen-bond donors (Lipinski definition) is 0. The van der Waals surface area contributed by atoms with E-state index < -0.39 is 0 Å². The van der Waals surface area contributed by atoms with Crippen LogP contribution in [0.4, 0.5) is 0 Å². The minimum absolute atomic E-state index is 0.141. The number of para-hydroxylation sites is 2. The van der Waals surface area contributed by atoms with Crippen molar-refractivity contribution in [1.82, 2.24) is 14.5 Å². The Labute approximate surface area is 183 Å². The molecular weight excluding hydrogens is 382 g/mol. The molecule has 1 saturated heterocycles. The Morgan fingerprint density at radius 1 is 0.871 bits per heavy atom. The van der Waals surface area contributed by atoms with Gasteiger partial charge in [-0.05, 0) is 61.1 Å². The van der Waals surface area contributed by atoms with Crippen LogP contribution in [-0.4, -0.2) is 33.4 Å². The molecule has 0 atom stereocenters. The Hall–Kier alpha value is -3.40. The number of carbonyl (C=O) groups is 1. The van der Waals surface area contributed by atoms with Crippen LogP contribution >= 0.6 is 0 Å². The van der Waals surface area contributed by atoms with Crippen LogP contribution in [0, 0.1) is 12.8 Å². The summed E-state index contributed by atoms with van der Waals surface area (Å²) in [5, 5.41) is 0. The summed E-state index contributed by atoms with van der Waals surface area (Å²) in [6, 6.07) is 26.6. The number of rotatable bonds is 4. The van der Waals surface area contributed by atoms with Gasteiger partial charge in [0, 0.05) is 25.2 Å². The molecule has 3 aromatic carbocycles. The molecule has 4 aromatic rings. The molecule has 1 fully saturated rings. The molecule has 1 aliphatic rings. The van der Waals surface area contributed by atoms with Crippen LogP contribution < -0.4 is 0 Å². The molecule has 1 amide bonds. The van der Waals surface area contributed by atoms with Crippen LogP contribution in [0.5, 0.6) is 0 Å². The highest BCUT2D eigenvalue weighted by atomic mass is 16.2. The zero-order valence-electron chi connectivity index (χ0n) is 17.9. The van der Waals surface area contributed by atoms with Crippen molar-refractivity contribution in [2.24, 2.45) is 5.92 Å². The molecule has 4 heteroatoms. The summed E-state index contributed by atoms with van der Waals surface area (Å²) in [6.07, 6.45) is 2.06. The molecule has 5 rings (SSSR count). The molecule has 1 aliphatic heterocycles. The molecule has 2 heterocycles. The second-order valence-electron chi connectivity index (χ2n) is 8.44. The lowest BCUT2D eigenvalue weighted by Gasteiger charge is -2.32. The van der Waals surface area contributed by atoms with Crippen LogP contribution in [0.1, 0.15) is 29.0 Å². The van der Waals surface area contributed by atoms with Gasteiger partial charge in [0.05, 0.1) is 11.0 Å². The maximum Gasteiger partial charge on any atom is 0.253 e. The lowest BCUT2D eigenvalue weighted by atomic mass is 9.95. The predicted molar refractivity (Wildman–Crippen MR) is 125 cm³/mol. The van der Waals surface area contributed by atoms with Gasteiger partial charge >= 0.3 is 0 Å². The molecule has 0 saturated carbocycles. The topological polar surface area (TPSA) is 38.1 Å². The Balaban J connectivity index is 1.22. The maximum atomic E-state index is 13.0. The number of fused-ring (bicyclic) bond motifs is 1. The second-order valence-corrected chi connectivity index (χ2v) is 8.44. The average Bonchev–Trinajstić information content (AvgIpc) is 3.15. The van der Waals surface area contributed by atoms with E-state index >= 15 is 0 Å². The summed E-state index contributed by atoms with van der Waals surface area (Å²) in [7, 11) is 0. The van der Waals surface area contributed by atoms with Crippen molar-refractivity contribution in [2.75, 3.05) is 13.1 Å². The van der Waals surface area contributed by atoms with Crippen LogP contribution in [0.25, 0.3) is 22.2 Å². The van der Waals surface area contributed by atoms with Crippen molar-refractivity contribution in [3.05, 3.63) is 90.3 Å². The fourth-order valence-electron chi connectivity index (χ4n) is 4.62. The van der Waals surface area contributed by atoms with Crippen LogP contribution in [0.2, 0.25) is 0 Å². The first-order valence-corrected chi connectivity index (χ1v) is 11.1. The van der Waals surface area contributed by atoms with E-state index in [9.17, 15) is 4.79 Å². The summed E-state index contributed by atoms with van der Waals surface area (Å²) in [5.41, 5.74) is 5.35. The first-order valence-electron chi connectivity index (χ1n) is 11.1. The number of likely N-dealkylation sites (tertiary alicyclic amines) is 1. The highest BCUT2D eigenvalue weighted by molar-refractivity contribution is 5.94. The molecule has 0 spiro atoms. The second kappa shape index (κ2) is 8.38. The molecule has 31 heavy (non-hydrogen) atoms. The quantitative estimate of drug-likeness (QED) is 0.442.